The highest BCUT2D eigenvalue weighted by Gasteiger charge is 2.75. The Morgan fingerprint density at radius 3 is 2.58 bits per heavy atom. The minimum absolute atomic E-state index is 0.0463. The molecule has 2 aromatic carbocycles. The van der Waals surface area contributed by atoms with Crippen LogP contribution < -0.4 is 10.6 Å². The summed E-state index contributed by atoms with van der Waals surface area (Å²) in [5.74, 6) is -1.75. The molecule has 9 heteroatoms. The first-order valence-electron chi connectivity index (χ1n) is 12.3. The maximum Gasteiger partial charge on any atom is 0.248 e. The maximum atomic E-state index is 13.9. The highest BCUT2D eigenvalue weighted by Crippen LogP contribution is 2.68. The van der Waals surface area contributed by atoms with Crippen molar-refractivity contribution in [1.82, 2.24) is 4.90 Å². The number of fused-ring (bicyclic) bond motifs is 1. The van der Waals surface area contributed by atoms with Gasteiger partial charge in [-0.3, -0.25) is 14.4 Å². The van der Waals surface area contributed by atoms with Gasteiger partial charge >= 0.3 is 0 Å². The van der Waals surface area contributed by atoms with E-state index < -0.39 is 22.6 Å². The Hall–Kier alpha value is -2.55. The fraction of sp³-hybridized carbons (Fsp3) is 0.444. The van der Waals surface area contributed by atoms with Gasteiger partial charge in [0.05, 0.1) is 27.3 Å². The van der Waals surface area contributed by atoms with Crippen molar-refractivity contribution in [1.29, 1.82) is 0 Å². The van der Waals surface area contributed by atoms with Crippen molar-refractivity contribution in [3.63, 3.8) is 0 Å². The molecule has 3 heterocycles. The second-order valence-corrected chi connectivity index (χ2v) is 11.9. The minimum atomic E-state index is -0.767. The number of para-hydroxylation sites is 2. The summed E-state index contributed by atoms with van der Waals surface area (Å²) in [6, 6.07) is 13.9. The lowest BCUT2D eigenvalue weighted by Crippen LogP contribution is -2.55. The highest BCUT2D eigenvalue weighted by molar-refractivity contribution is 8.02. The summed E-state index contributed by atoms with van der Waals surface area (Å²) in [6.07, 6.45) is 1.11. The second-order valence-electron chi connectivity index (χ2n) is 9.94. The normalized spacial score (nSPS) is 30.4. The van der Waals surface area contributed by atoms with Crippen molar-refractivity contribution in [3.8, 4) is 0 Å². The SMILES string of the molecule is Cc1cccc(Cl)c1NC(=O)C1N(CCCO)C(=O)[C@@H]2[C@@H](C(=O)Nc3ccccc3)[C@H]3CC(C)C12S3. The van der Waals surface area contributed by atoms with Gasteiger partial charge in [-0.05, 0) is 49.4 Å². The average molecular weight is 528 g/mol. The van der Waals surface area contributed by atoms with E-state index in [2.05, 4.69) is 17.6 Å². The molecule has 5 rings (SSSR count). The van der Waals surface area contributed by atoms with Crippen molar-refractivity contribution in [3.05, 3.63) is 59.1 Å². The number of halogens is 1. The number of thioether (sulfide) groups is 1. The van der Waals surface area contributed by atoms with Gasteiger partial charge in [0.1, 0.15) is 6.04 Å². The lowest BCUT2D eigenvalue weighted by Gasteiger charge is -2.38. The molecule has 3 saturated heterocycles. The molecule has 3 fully saturated rings. The number of carbonyl (C=O) groups excluding carboxylic acids is 3. The van der Waals surface area contributed by atoms with Crippen LogP contribution in [0.1, 0.15) is 25.3 Å². The van der Waals surface area contributed by atoms with Gasteiger partial charge in [-0.15, -0.1) is 11.8 Å². The van der Waals surface area contributed by atoms with Gasteiger partial charge in [0.15, 0.2) is 0 Å². The molecule has 3 aliphatic rings. The Balaban J connectivity index is 1.51. The number of hydrogen-bond donors (Lipinski definition) is 3. The molecule has 0 saturated carbocycles. The molecule has 3 N–H and O–H groups in total. The Morgan fingerprint density at radius 2 is 1.89 bits per heavy atom. The van der Waals surface area contributed by atoms with Gasteiger partial charge < -0.3 is 20.6 Å². The van der Waals surface area contributed by atoms with E-state index in [0.29, 0.717) is 22.8 Å². The van der Waals surface area contributed by atoms with Crippen LogP contribution in [0, 0.1) is 24.7 Å². The Labute approximate surface area is 220 Å². The number of nitrogens with zero attached hydrogens (tertiary/aromatic N) is 1. The van der Waals surface area contributed by atoms with Crippen LogP contribution in [0.15, 0.2) is 48.5 Å². The van der Waals surface area contributed by atoms with Crippen molar-refractivity contribution in [2.75, 3.05) is 23.8 Å². The Bertz CT molecular complexity index is 1170. The molecule has 3 aliphatic heterocycles. The lowest BCUT2D eigenvalue weighted by molar-refractivity contribution is -0.138. The number of aliphatic hydroxyl groups is 1. The predicted octanol–water partition coefficient (Wildman–Crippen LogP) is 3.95. The van der Waals surface area contributed by atoms with E-state index in [4.69, 9.17) is 11.6 Å². The summed E-state index contributed by atoms with van der Waals surface area (Å²) in [7, 11) is 0. The number of rotatable bonds is 7. The number of nitrogens with one attached hydrogen (secondary N) is 2. The van der Waals surface area contributed by atoms with E-state index in [1.807, 2.05) is 49.4 Å². The number of benzene rings is 2. The van der Waals surface area contributed by atoms with Crippen molar-refractivity contribution in [2.45, 2.75) is 42.7 Å². The summed E-state index contributed by atoms with van der Waals surface area (Å²) < 4.78 is -0.727. The van der Waals surface area contributed by atoms with E-state index in [-0.39, 0.29) is 42.0 Å². The number of hydrogen-bond acceptors (Lipinski definition) is 5. The number of aliphatic hydroxyl groups excluding tert-OH is 1. The van der Waals surface area contributed by atoms with Crippen LogP contribution in [-0.2, 0) is 14.4 Å². The maximum absolute atomic E-state index is 13.9. The summed E-state index contributed by atoms with van der Waals surface area (Å²) in [6.45, 7) is 4.10. The summed E-state index contributed by atoms with van der Waals surface area (Å²) in [4.78, 5) is 43.0. The molecule has 3 unspecified atom stereocenters. The third-order valence-electron chi connectivity index (χ3n) is 7.87. The van der Waals surface area contributed by atoms with Crippen LogP contribution in [0.3, 0.4) is 0 Å². The lowest BCUT2D eigenvalue weighted by atomic mass is 9.66. The van der Waals surface area contributed by atoms with Gasteiger partial charge in [0.25, 0.3) is 0 Å². The standard InChI is InChI=1S/C27H30ClN3O4S/c1-15-8-6-11-18(28)22(15)30-25(34)23-27-16(2)14-19(36-27)20(21(27)26(35)31(23)12-7-13-32)24(33)29-17-9-4-3-5-10-17/h3-6,8-11,16,19-21,23,32H,7,12-14H2,1-2H3,(H,29,33)(H,30,34)/t16?,19-,20+,21+,23?,27?/m1/s1. The van der Waals surface area contributed by atoms with Crippen LogP contribution in [0.4, 0.5) is 11.4 Å². The number of aryl methyl sites for hydroxylation is 1. The van der Waals surface area contributed by atoms with E-state index >= 15 is 0 Å². The molecule has 36 heavy (non-hydrogen) atoms. The summed E-state index contributed by atoms with van der Waals surface area (Å²) in [5, 5.41) is 15.9. The van der Waals surface area contributed by atoms with Gasteiger partial charge in [-0.25, -0.2) is 0 Å². The van der Waals surface area contributed by atoms with Crippen LogP contribution in [0.5, 0.6) is 0 Å². The number of likely N-dealkylation sites (tertiary alicyclic amines) is 1. The number of anilines is 2. The zero-order chi connectivity index (χ0) is 25.6. The second kappa shape index (κ2) is 9.72. The first-order valence-corrected chi connectivity index (χ1v) is 13.6. The van der Waals surface area contributed by atoms with Crippen molar-refractivity contribution < 1.29 is 19.5 Å². The molecule has 6 atom stereocenters. The third kappa shape index (κ3) is 3.90. The van der Waals surface area contributed by atoms with Gasteiger partial charge in [0, 0.05) is 24.1 Å². The van der Waals surface area contributed by atoms with Crippen molar-refractivity contribution >= 4 is 52.5 Å². The van der Waals surface area contributed by atoms with E-state index in [9.17, 15) is 19.5 Å². The van der Waals surface area contributed by atoms with E-state index in [1.54, 1.807) is 22.7 Å². The zero-order valence-corrected chi connectivity index (χ0v) is 21.8. The van der Waals surface area contributed by atoms with Crippen LogP contribution in [0.2, 0.25) is 5.02 Å². The van der Waals surface area contributed by atoms with Crippen molar-refractivity contribution in [2.24, 2.45) is 17.8 Å². The molecular formula is C27H30ClN3O4S. The molecule has 190 valence electrons. The van der Waals surface area contributed by atoms with Gasteiger partial charge in [-0.2, -0.15) is 0 Å². The molecule has 0 aromatic heterocycles. The first-order chi connectivity index (χ1) is 17.3. The van der Waals surface area contributed by atoms with E-state index in [0.717, 1.165) is 12.0 Å². The van der Waals surface area contributed by atoms with Gasteiger partial charge in [-0.1, -0.05) is 48.9 Å². The zero-order valence-electron chi connectivity index (χ0n) is 20.2. The minimum Gasteiger partial charge on any atom is -0.396 e. The van der Waals surface area contributed by atoms with Crippen LogP contribution in [-0.4, -0.2) is 56.9 Å². The summed E-state index contributed by atoms with van der Waals surface area (Å²) in [5.41, 5.74) is 2.04. The highest BCUT2D eigenvalue weighted by atomic mass is 35.5. The number of amides is 3. The van der Waals surface area contributed by atoms with Crippen LogP contribution in [0.25, 0.3) is 0 Å². The summed E-state index contributed by atoms with van der Waals surface area (Å²) >= 11 is 8.02. The smallest absolute Gasteiger partial charge is 0.248 e. The molecule has 2 bridgehead atoms. The largest absolute Gasteiger partial charge is 0.396 e. The van der Waals surface area contributed by atoms with Gasteiger partial charge in [0.2, 0.25) is 17.7 Å². The third-order valence-corrected chi connectivity index (χ3v) is 10.3. The fourth-order valence-corrected chi connectivity index (χ4v) is 9.02. The number of carbonyl (C=O) groups is 3. The topological polar surface area (TPSA) is 98.7 Å². The first kappa shape index (κ1) is 25.1. The molecular weight excluding hydrogens is 498 g/mol. The fourth-order valence-electron chi connectivity index (χ4n) is 6.33. The molecule has 3 amide bonds. The monoisotopic (exact) mass is 527 g/mol. The molecule has 0 radical (unpaired) electrons. The molecule has 7 nitrogen and oxygen atoms in total. The molecule has 1 spiro atoms. The average Bonchev–Trinajstić information content (AvgIpc) is 3.44. The Morgan fingerprint density at radius 1 is 1.14 bits per heavy atom. The van der Waals surface area contributed by atoms with E-state index in [1.165, 1.54) is 0 Å². The van der Waals surface area contributed by atoms with Crippen LogP contribution >= 0.6 is 23.4 Å². The quantitative estimate of drug-likeness (QED) is 0.506. The molecule has 2 aromatic rings. The molecule has 0 aliphatic carbocycles. The Kier molecular flexibility index (Phi) is 6.78. The predicted molar refractivity (Wildman–Crippen MR) is 142 cm³/mol.